The SMILES string of the molecule is O=c1[nH]c2cscc2c(=O)n1OS(=O)(=O)c1ccccc1. The number of rotatable bonds is 3. The summed E-state index contributed by atoms with van der Waals surface area (Å²) in [5, 5.41) is 3.26. The number of H-pyrrole nitrogens is 1. The molecule has 0 spiro atoms. The number of fused-ring (bicyclic) bond motifs is 1. The minimum atomic E-state index is -4.26. The molecule has 9 heteroatoms. The van der Waals surface area contributed by atoms with Crippen LogP contribution in [-0.2, 0) is 10.1 Å². The zero-order chi connectivity index (χ0) is 15.0. The van der Waals surface area contributed by atoms with Crippen LogP contribution >= 0.6 is 11.3 Å². The quantitative estimate of drug-likeness (QED) is 0.759. The largest absolute Gasteiger partial charge is 0.363 e. The lowest BCUT2D eigenvalue weighted by Gasteiger charge is -2.07. The Morgan fingerprint density at radius 1 is 1.10 bits per heavy atom. The molecule has 0 saturated carbocycles. The molecule has 3 aromatic rings. The molecule has 7 nitrogen and oxygen atoms in total. The number of nitrogens with one attached hydrogen (secondary N) is 1. The number of aromatic nitrogens is 2. The summed E-state index contributed by atoms with van der Waals surface area (Å²) in [6, 6.07) is 7.25. The first-order valence-corrected chi connectivity index (χ1v) is 8.05. The fraction of sp³-hybridized carbons (Fsp3) is 0. The summed E-state index contributed by atoms with van der Waals surface area (Å²) in [7, 11) is -4.26. The predicted molar refractivity (Wildman–Crippen MR) is 76.9 cm³/mol. The van der Waals surface area contributed by atoms with Crippen LogP contribution in [0.3, 0.4) is 0 Å². The Morgan fingerprint density at radius 3 is 2.52 bits per heavy atom. The van der Waals surface area contributed by atoms with E-state index in [-0.39, 0.29) is 15.0 Å². The molecule has 108 valence electrons. The number of hydrogen-bond donors (Lipinski definition) is 1. The van der Waals surface area contributed by atoms with Gasteiger partial charge in [0.15, 0.2) is 0 Å². The minimum Gasteiger partial charge on any atom is -0.303 e. The zero-order valence-electron chi connectivity index (χ0n) is 10.3. The molecule has 0 bridgehead atoms. The van der Waals surface area contributed by atoms with Gasteiger partial charge < -0.3 is 4.98 Å². The second-order valence-electron chi connectivity index (χ2n) is 4.07. The van der Waals surface area contributed by atoms with Crippen LogP contribution in [-0.4, -0.2) is 18.1 Å². The first-order valence-electron chi connectivity index (χ1n) is 5.70. The summed E-state index contributed by atoms with van der Waals surface area (Å²) in [4.78, 5) is 26.1. The maximum atomic E-state index is 12.1. The molecule has 0 saturated heterocycles. The summed E-state index contributed by atoms with van der Waals surface area (Å²) in [5.74, 6) is 0. The normalized spacial score (nSPS) is 11.6. The van der Waals surface area contributed by atoms with E-state index in [0.717, 1.165) is 0 Å². The van der Waals surface area contributed by atoms with Gasteiger partial charge in [-0.2, -0.15) is 8.42 Å². The van der Waals surface area contributed by atoms with E-state index >= 15 is 0 Å². The van der Waals surface area contributed by atoms with E-state index < -0.39 is 21.4 Å². The van der Waals surface area contributed by atoms with Crippen LogP contribution in [0.25, 0.3) is 10.9 Å². The molecule has 2 heterocycles. The molecule has 1 aromatic carbocycles. The smallest absolute Gasteiger partial charge is 0.303 e. The average Bonchev–Trinajstić information content (AvgIpc) is 2.93. The van der Waals surface area contributed by atoms with Crippen molar-refractivity contribution in [3.63, 3.8) is 0 Å². The molecule has 2 aromatic heterocycles. The fourth-order valence-electron chi connectivity index (χ4n) is 1.72. The Bertz CT molecular complexity index is 1010. The minimum absolute atomic E-state index is 0.151. The third kappa shape index (κ3) is 2.36. The molecule has 21 heavy (non-hydrogen) atoms. The molecule has 0 aliphatic rings. The monoisotopic (exact) mass is 324 g/mol. The first kappa shape index (κ1) is 13.6. The van der Waals surface area contributed by atoms with Gasteiger partial charge in [-0.05, 0) is 12.1 Å². The second-order valence-corrected chi connectivity index (χ2v) is 6.34. The Morgan fingerprint density at radius 2 is 1.81 bits per heavy atom. The highest BCUT2D eigenvalue weighted by Gasteiger charge is 2.20. The maximum Gasteiger partial charge on any atom is 0.363 e. The maximum absolute atomic E-state index is 12.1. The van der Waals surface area contributed by atoms with Crippen LogP contribution in [0, 0.1) is 0 Å². The van der Waals surface area contributed by atoms with Crippen molar-refractivity contribution in [2.45, 2.75) is 4.90 Å². The van der Waals surface area contributed by atoms with Crippen LogP contribution in [0.2, 0.25) is 0 Å². The van der Waals surface area contributed by atoms with E-state index in [0.29, 0.717) is 5.52 Å². The number of benzene rings is 1. The number of aromatic amines is 1. The second kappa shape index (κ2) is 4.86. The molecule has 0 aliphatic heterocycles. The van der Waals surface area contributed by atoms with Crippen LogP contribution < -0.4 is 15.5 Å². The summed E-state index contributed by atoms with van der Waals surface area (Å²) < 4.78 is 29.0. The Hall–Kier alpha value is -2.39. The fourth-order valence-corrected chi connectivity index (χ4v) is 3.39. The first-order chi connectivity index (χ1) is 9.99. The van der Waals surface area contributed by atoms with Crippen molar-refractivity contribution in [2.24, 2.45) is 0 Å². The van der Waals surface area contributed by atoms with Crippen LogP contribution in [0.15, 0.2) is 55.6 Å². The number of nitrogens with zero attached hydrogens (tertiary/aromatic N) is 1. The highest BCUT2D eigenvalue weighted by atomic mass is 32.2. The topological polar surface area (TPSA) is 98.2 Å². The molecular formula is C12H8N2O5S2. The third-order valence-electron chi connectivity index (χ3n) is 2.71. The molecule has 0 radical (unpaired) electrons. The molecule has 0 fully saturated rings. The van der Waals surface area contributed by atoms with Gasteiger partial charge in [0, 0.05) is 10.8 Å². The summed E-state index contributed by atoms with van der Waals surface area (Å²) in [6.07, 6.45) is 0. The van der Waals surface area contributed by atoms with E-state index in [1.165, 1.54) is 41.0 Å². The zero-order valence-corrected chi connectivity index (χ0v) is 12.0. The molecule has 3 rings (SSSR count). The van der Waals surface area contributed by atoms with Gasteiger partial charge in [-0.15, -0.1) is 11.3 Å². The van der Waals surface area contributed by atoms with E-state index in [9.17, 15) is 18.0 Å². The van der Waals surface area contributed by atoms with Gasteiger partial charge in [-0.3, -0.25) is 9.08 Å². The van der Waals surface area contributed by atoms with E-state index in [2.05, 4.69) is 9.27 Å². The van der Waals surface area contributed by atoms with Crippen LogP contribution in [0.4, 0.5) is 0 Å². The highest BCUT2D eigenvalue weighted by molar-refractivity contribution is 7.87. The molecule has 1 N–H and O–H groups in total. The van der Waals surface area contributed by atoms with Crippen molar-refractivity contribution in [1.82, 2.24) is 9.71 Å². The Labute approximate surface area is 122 Å². The molecular weight excluding hydrogens is 316 g/mol. The van der Waals surface area contributed by atoms with Crippen molar-refractivity contribution in [1.29, 1.82) is 0 Å². The lowest BCUT2D eigenvalue weighted by Crippen LogP contribution is -2.41. The van der Waals surface area contributed by atoms with Gasteiger partial charge in [0.25, 0.3) is 5.56 Å². The standard InChI is InChI=1S/C12H8N2O5S2/c15-11-9-6-20-7-10(9)13-12(16)14(11)19-21(17,18)8-4-2-1-3-5-8/h1-7H,(H,13,16). The van der Waals surface area contributed by atoms with Gasteiger partial charge in [0.2, 0.25) is 0 Å². The Kier molecular flexibility index (Phi) is 3.15. The summed E-state index contributed by atoms with van der Waals surface area (Å²) in [5.41, 5.74) is -1.44. The van der Waals surface area contributed by atoms with E-state index in [4.69, 9.17) is 0 Å². The van der Waals surface area contributed by atoms with Crippen molar-refractivity contribution >= 4 is 32.4 Å². The Balaban J connectivity index is 2.15. The molecule has 0 atom stereocenters. The van der Waals surface area contributed by atoms with Crippen LogP contribution in [0.5, 0.6) is 0 Å². The number of thiophene rings is 1. The van der Waals surface area contributed by atoms with Gasteiger partial charge >= 0.3 is 15.8 Å². The van der Waals surface area contributed by atoms with E-state index in [1.807, 2.05) is 0 Å². The van der Waals surface area contributed by atoms with E-state index in [1.54, 1.807) is 11.4 Å². The lowest BCUT2D eigenvalue weighted by molar-refractivity contribution is 0.254. The van der Waals surface area contributed by atoms with Gasteiger partial charge in [-0.25, -0.2) is 4.79 Å². The van der Waals surface area contributed by atoms with Crippen molar-refractivity contribution in [2.75, 3.05) is 0 Å². The molecule has 0 amide bonds. The number of hydrogen-bond acceptors (Lipinski definition) is 6. The molecule has 0 unspecified atom stereocenters. The highest BCUT2D eigenvalue weighted by Crippen LogP contribution is 2.11. The average molecular weight is 324 g/mol. The van der Waals surface area contributed by atoms with Crippen LogP contribution in [0.1, 0.15) is 0 Å². The van der Waals surface area contributed by atoms with Crippen molar-refractivity contribution < 1.29 is 12.7 Å². The summed E-state index contributed by atoms with van der Waals surface area (Å²) >= 11 is 1.21. The van der Waals surface area contributed by atoms with Crippen molar-refractivity contribution in [3.8, 4) is 0 Å². The van der Waals surface area contributed by atoms with Gasteiger partial charge in [-0.1, -0.05) is 22.9 Å². The lowest BCUT2D eigenvalue weighted by atomic mass is 10.4. The van der Waals surface area contributed by atoms with Gasteiger partial charge in [0.05, 0.1) is 10.9 Å². The van der Waals surface area contributed by atoms with Gasteiger partial charge in [0.1, 0.15) is 4.90 Å². The predicted octanol–water partition coefficient (Wildman–Crippen LogP) is 0.569. The summed E-state index contributed by atoms with van der Waals surface area (Å²) in [6.45, 7) is 0. The molecule has 0 aliphatic carbocycles. The third-order valence-corrected chi connectivity index (χ3v) is 4.65. The van der Waals surface area contributed by atoms with Crippen molar-refractivity contribution in [3.05, 3.63) is 61.9 Å².